The van der Waals surface area contributed by atoms with Crippen LogP contribution in [0.4, 0.5) is 10.1 Å². The van der Waals surface area contributed by atoms with Gasteiger partial charge in [-0.1, -0.05) is 13.0 Å². The Labute approximate surface area is 121 Å². The predicted molar refractivity (Wildman–Crippen MR) is 81.0 cm³/mol. The number of hydrogen-bond donors (Lipinski definition) is 1. The van der Waals surface area contributed by atoms with E-state index < -0.39 is 15.8 Å². The number of nitrogens with one attached hydrogen (secondary N) is 1. The number of nitrogens with zero attached hydrogens (tertiary/aromatic N) is 1. The monoisotopic (exact) mass is 302 g/mol. The van der Waals surface area contributed by atoms with Gasteiger partial charge in [0.05, 0.1) is 11.4 Å². The molecule has 0 saturated carbocycles. The molecule has 0 spiro atoms. The lowest BCUT2D eigenvalue weighted by atomic mass is 10.3. The van der Waals surface area contributed by atoms with Gasteiger partial charge in [-0.05, 0) is 50.6 Å². The maximum absolute atomic E-state index is 13.1. The SMILES string of the molecule is CCCNCCCCS(=O)(=O)N(C)c1cccc(F)c1. The molecule has 6 heteroatoms. The Morgan fingerprint density at radius 1 is 1.25 bits per heavy atom. The molecule has 1 aromatic rings. The van der Waals surface area contributed by atoms with Crippen molar-refractivity contribution in [1.29, 1.82) is 0 Å². The predicted octanol–water partition coefficient (Wildman–Crippen LogP) is 2.37. The molecule has 0 heterocycles. The van der Waals surface area contributed by atoms with Gasteiger partial charge in [0.2, 0.25) is 10.0 Å². The fourth-order valence-corrected chi connectivity index (χ4v) is 3.08. The summed E-state index contributed by atoms with van der Waals surface area (Å²) in [6, 6.07) is 5.61. The number of rotatable bonds is 9. The summed E-state index contributed by atoms with van der Waals surface area (Å²) in [5.41, 5.74) is 0.356. The Morgan fingerprint density at radius 2 is 2.00 bits per heavy atom. The van der Waals surface area contributed by atoms with Gasteiger partial charge >= 0.3 is 0 Å². The lowest BCUT2D eigenvalue weighted by Gasteiger charge is -2.19. The van der Waals surface area contributed by atoms with Crippen LogP contribution in [0.3, 0.4) is 0 Å². The first kappa shape index (κ1) is 16.9. The maximum atomic E-state index is 13.1. The molecule has 0 aromatic heterocycles. The van der Waals surface area contributed by atoms with Crippen LogP contribution in [-0.2, 0) is 10.0 Å². The minimum atomic E-state index is -3.38. The van der Waals surface area contributed by atoms with E-state index in [0.29, 0.717) is 12.1 Å². The highest BCUT2D eigenvalue weighted by Crippen LogP contribution is 2.18. The minimum Gasteiger partial charge on any atom is -0.317 e. The molecule has 1 N–H and O–H groups in total. The van der Waals surface area contributed by atoms with E-state index in [-0.39, 0.29) is 5.75 Å². The summed E-state index contributed by atoms with van der Waals surface area (Å²) in [5.74, 6) is -0.360. The van der Waals surface area contributed by atoms with Crippen LogP contribution in [0.2, 0.25) is 0 Å². The lowest BCUT2D eigenvalue weighted by Crippen LogP contribution is -2.29. The van der Waals surface area contributed by atoms with E-state index in [1.54, 1.807) is 6.07 Å². The Kier molecular flexibility index (Phi) is 6.95. The van der Waals surface area contributed by atoms with Gasteiger partial charge in [-0.3, -0.25) is 4.31 Å². The van der Waals surface area contributed by atoms with E-state index in [4.69, 9.17) is 0 Å². The smallest absolute Gasteiger partial charge is 0.234 e. The first-order valence-electron chi connectivity index (χ1n) is 6.90. The summed E-state index contributed by atoms with van der Waals surface area (Å²) < 4.78 is 38.5. The fraction of sp³-hybridized carbons (Fsp3) is 0.571. The Hall–Kier alpha value is -1.14. The molecule has 0 radical (unpaired) electrons. The van der Waals surface area contributed by atoms with Gasteiger partial charge in [0.1, 0.15) is 5.82 Å². The van der Waals surface area contributed by atoms with Gasteiger partial charge in [0, 0.05) is 7.05 Å². The first-order valence-corrected chi connectivity index (χ1v) is 8.51. The molecule has 0 bridgehead atoms. The van der Waals surface area contributed by atoms with Crippen molar-refractivity contribution in [3.63, 3.8) is 0 Å². The summed E-state index contributed by atoms with van der Waals surface area (Å²) in [6.45, 7) is 3.87. The Balaban J connectivity index is 2.47. The number of benzene rings is 1. The molecule has 114 valence electrons. The summed E-state index contributed by atoms with van der Waals surface area (Å²) in [6.07, 6.45) is 2.48. The van der Waals surface area contributed by atoms with Crippen molar-refractivity contribution in [1.82, 2.24) is 5.32 Å². The third-order valence-electron chi connectivity index (χ3n) is 3.02. The molecular weight excluding hydrogens is 279 g/mol. The van der Waals surface area contributed by atoms with E-state index in [9.17, 15) is 12.8 Å². The van der Waals surface area contributed by atoms with Crippen molar-refractivity contribution in [2.24, 2.45) is 0 Å². The van der Waals surface area contributed by atoms with Crippen LogP contribution >= 0.6 is 0 Å². The molecule has 1 aromatic carbocycles. The van der Waals surface area contributed by atoms with Crippen LogP contribution in [0.5, 0.6) is 0 Å². The average Bonchev–Trinajstić information content (AvgIpc) is 2.42. The number of halogens is 1. The summed E-state index contributed by atoms with van der Waals surface area (Å²) >= 11 is 0. The lowest BCUT2D eigenvalue weighted by molar-refractivity contribution is 0.584. The normalized spacial score (nSPS) is 11.6. The second-order valence-electron chi connectivity index (χ2n) is 4.72. The van der Waals surface area contributed by atoms with Crippen molar-refractivity contribution >= 4 is 15.7 Å². The highest BCUT2D eigenvalue weighted by Gasteiger charge is 2.18. The van der Waals surface area contributed by atoms with Crippen molar-refractivity contribution in [3.05, 3.63) is 30.1 Å². The van der Waals surface area contributed by atoms with Crippen LogP contribution in [0, 0.1) is 5.82 Å². The van der Waals surface area contributed by atoms with E-state index in [0.717, 1.165) is 30.2 Å². The molecule has 20 heavy (non-hydrogen) atoms. The first-order chi connectivity index (χ1) is 9.47. The number of sulfonamides is 1. The molecule has 4 nitrogen and oxygen atoms in total. The van der Waals surface area contributed by atoms with Crippen LogP contribution in [0.15, 0.2) is 24.3 Å². The number of anilines is 1. The summed E-state index contributed by atoms with van der Waals surface area (Å²) in [7, 11) is -1.93. The molecule has 1 rings (SSSR count). The van der Waals surface area contributed by atoms with Crippen LogP contribution < -0.4 is 9.62 Å². The van der Waals surface area contributed by atoms with Gasteiger partial charge in [0.15, 0.2) is 0 Å². The molecule has 0 fully saturated rings. The van der Waals surface area contributed by atoms with Gasteiger partial charge in [-0.2, -0.15) is 0 Å². The van der Waals surface area contributed by atoms with Gasteiger partial charge in [-0.25, -0.2) is 12.8 Å². The molecule has 0 atom stereocenters. The quantitative estimate of drug-likeness (QED) is 0.713. The molecule has 0 unspecified atom stereocenters. The topological polar surface area (TPSA) is 49.4 Å². The van der Waals surface area contributed by atoms with E-state index in [1.165, 1.54) is 25.2 Å². The zero-order valence-corrected chi connectivity index (χ0v) is 12.9. The summed E-state index contributed by atoms with van der Waals surface area (Å²) in [4.78, 5) is 0. The van der Waals surface area contributed by atoms with E-state index >= 15 is 0 Å². The molecule has 0 saturated heterocycles. The van der Waals surface area contributed by atoms with Crippen LogP contribution in [0.1, 0.15) is 26.2 Å². The number of unbranched alkanes of at least 4 members (excludes halogenated alkanes) is 1. The van der Waals surface area contributed by atoms with Gasteiger partial charge in [-0.15, -0.1) is 0 Å². The van der Waals surface area contributed by atoms with Crippen molar-refractivity contribution < 1.29 is 12.8 Å². The molecule has 0 amide bonds. The van der Waals surface area contributed by atoms with E-state index in [1.807, 2.05) is 0 Å². The van der Waals surface area contributed by atoms with Crippen molar-refractivity contribution in [2.45, 2.75) is 26.2 Å². The average molecular weight is 302 g/mol. The Bertz CT molecular complexity index is 506. The van der Waals surface area contributed by atoms with Gasteiger partial charge in [0.25, 0.3) is 0 Å². The largest absolute Gasteiger partial charge is 0.317 e. The third kappa shape index (κ3) is 5.46. The van der Waals surface area contributed by atoms with Crippen LogP contribution in [-0.4, -0.2) is 34.3 Å². The maximum Gasteiger partial charge on any atom is 0.234 e. The Morgan fingerprint density at radius 3 is 2.65 bits per heavy atom. The van der Waals surface area contributed by atoms with Crippen molar-refractivity contribution in [3.8, 4) is 0 Å². The number of hydrogen-bond acceptors (Lipinski definition) is 3. The second-order valence-corrected chi connectivity index (χ2v) is 6.84. The van der Waals surface area contributed by atoms with Gasteiger partial charge < -0.3 is 5.32 Å². The minimum absolute atomic E-state index is 0.0772. The summed E-state index contributed by atoms with van der Waals surface area (Å²) in [5, 5.41) is 3.23. The third-order valence-corrected chi connectivity index (χ3v) is 4.87. The second kappa shape index (κ2) is 8.21. The van der Waals surface area contributed by atoms with Crippen LogP contribution in [0.25, 0.3) is 0 Å². The molecule has 0 aliphatic carbocycles. The standard InChI is InChI=1S/C14H23FN2O2S/c1-3-9-16-10-4-5-11-20(18,19)17(2)14-8-6-7-13(15)12-14/h6-8,12,16H,3-5,9-11H2,1-2H3. The highest BCUT2D eigenvalue weighted by atomic mass is 32.2. The highest BCUT2D eigenvalue weighted by molar-refractivity contribution is 7.92. The zero-order valence-electron chi connectivity index (χ0n) is 12.1. The van der Waals surface area contributed by atoms with E-state index in [2.05, 4.69) is 12.2 Å². The molecule has 0 aliphatic rings. The molecule has 0 aliphatic heterocycles. The zero-order chi connectivity index (χ0) is 15.0. The fourth-order valence-electron chi connectivity index (χ4n) is 1.81. The molecular formula is C14H23FN2O2S. The van der Waals surface area contributed by atoms with Crippen molar-refractivity contribution in [2.75, 3.05) is 30.2 Å².